The van der Waals surface area contributed by atoms with E-state index in [1.54, 1.807) is 11.3 Å². The Morgan fingerprint density at radius 3 is 2.55 bits per heavy atom. The highest BCUT2D eigenvalue weighted by Gasteiger charge is 2.35. The number of benzene rings is 1. The lowest BCUT2D eigenvalue weighted by Gasteiger charge is -2.44. The number of nitrogens with one attached hydrogen (secondary N) is 1. The van der Waals surface area contributed by atoms with E-state index in [1.807, 2.05) is 30.3 Å². The highest BCUT2D eigenvalue weighted by Crippen LogP contribution is 2.30. The minimum absolute atomic E-state index is 0.0888. The van der Waals surface area contributed by atoms with Gasteiger partial charge in [0.2, 0.25) is 0 Å². The summed E-state index contributed by atoms with van der Waals surface area (Å²) in [5, 5.41) is 3.26. The molecule has 3 aliphatic heterocycles. The second-order valence-electron chi connectivity index (χ2n) is 6.25. The number of piperidine rings is 3. The Morgan fingerprint density at radius 2 is 1.86 bits per heavy atom. The van der Waals surface area contributed by atoms with E-state index in [-0.39, 0.29) is 5.91 Å². The molecule has 0 radical (unpaired) electrons. The van der Waals surface area contributed by atoms with E-state index >= 15 is 0 Å². The third kappa shape index (κ3) is 2.69. The molecule has 3 nitrogen and oxygen atoms in total. The van der Waals surface area contributed by atoms with Crippen LogP contribution in [0.2, 0.25) is 0 Å². The third-order valence-corrected chi connectivity index (χ3v) is 5.99. The lowest BCUT2D eigenvalue weighted by Crippen LogP contribution is -2.57. The molecule has 5 rings (SSSR count). The molecule has 0 aliphatic carbocycles. The maximum atomic E-state index is 12.5. The average Bonchev–Trinajstić information content (AvgIpc) is 3.07. The molecule has 1 aromatic heterocycles. The monoisotopic (exact) mass is 311 g/mol. The van der Waals surface area contributed by atoms with Crippen LogP contribution in [0.4, 0.5) is 0 Å². The molecule has 3 fully saturated rings. The van der Waals surface area contributed by atoms with Gasteiger partial charge < -0.3 is 10.2 Å². The maximum Gasteiger partial charge on any atom is 0.261 e. The summed E-state index contributed by atoms with van der Waals surface area (Å²) >= 11 is 1.58. The fraction of sp³-hybridized carbons (Fsp3) is 0.389. The van der Waals surface area contributed by atoms with E-state index in [9.17, 15) is 4.79 Å². The van der Waals surface area contributed by atoms with Crippen LogP contribution in [0, 0.1) is 5.92 Å². The minimum Gasteiger partial charge on any atom is -0.347 e. The van der Waals surface area contributed by atoms with Crippen molar-refractivity contribution in [1.82, 2.24) is 10.2 Å². The van der Waals surface area contributed by atoms with Crippen LogP contribution in [0.15, 0.2) is 42.5 Å². The number of amides is 1. The van der Waals surface area contributed by atoms with Gasteiger partial charge in [-0.05, 0) is 49.5 Å². The summed E-state index contributed by atoms with van der Waals surface area (Å²) in [5.41, 5.74) is 1.18. The summed E-state index contributed by atoms with van der Waals surface area (Å²) in [6.07, 6.45) is 2.45. The van der Waals surface area contributed by atoms with Crippen LogP contribution in [-0.2, 0) is 0 Å². The van der Waals surface area contributed by atoms with Crippen molar-refractivity contribution in [3.05, 3.63) is 47.3 Å². The van der Waals surface area contributed by atoms with Gasteiger partial charge in [0, 0.05) is 17.5 Å². The minimum atomic E-state index is 0.0888. The van der Waals surface area contributed by atoms with Crippen LogP contribution >= 0.6 is 11.3 Å². The SMILES string of the molecule is O=[11C](N[C@H]1CN2CCC1CC2)c1ccc(-c2ccccc2)s1. The van der Waals surface area contributed by atoms with E-state index in [0.717, 1.165) is 16.3 Å². The van der Waals surface area contributed by atoms with Crippen molar-refractivity contribution in [2.24, 2.45) is 5.92 Å². The normalized spacial score (nSPS) is 26.8. The van der Waals surface area contributed by atoms with Gasteiger partial charge >= 0.3 is 0 Å². The number of hydrogen-bond donors (Lipinski definition) is 1. The second-order valence-corrected chi connectivity index (χ2v) is 7.33. The van der Waals surface area contributed by atoms with Gasteiger partial charge in [-0.25, -0.2) is 0 Å². The largest absolute Gasteiger partial charge is 0.347 e. The second kappa shape index (κ2) is 5.86. The Hall–Kier alpha value is -1.65. The molecule has 2 bridgehead atoms. The molecule has 1 amide bonds. The van der Waals surface area contributed by atoms with Crippen LogP contribution in [0.1, 0.15) is 22.5 Å². The molecule has 1 atom stereocenters. The highest BCUT2D eigenvalue weighted by molar-refractivity contribution is 7.17. The lowest BCUT2D eigenvalue weighted by molar-refractivity contribution is 0.0622. The summed E-state index contributed by atoms with van der Waals surface area (Å²) in [5.74, 6) is 0.758. The molecule has 114 valence electrons. The van der Waals surface area contributed by atoms with Gasteiger partial charge in [-0.1, -0.05) is 30.3 Å². The fourth-order valence-corrected chi connectivity index (χ4v) is 4.50. The quantitative estimate of drug-likeness (QED) is 0.944. The van der Waals surface area contributed by atoms with Gasteiger partial charge in [0.15, 0.2) is 0 Å². The van der Waals surface area contributed by atoms with Gasteiger partial charge in [-0.2, -0.15) is 0 Å². The Bertz CT molecular complexity index is 659. The van der Waals surface area contributed by atoms with E-state index in [0.29, 0.717) is 12.0 Å². The molecule has 3 saturated heterocycles. The summed E-state index contributed by atoms with van der Waals surface area (Å²) < 4.78 is 0. The van der Waals surface area contributed by atoms with Crippen molar-refractivity contribution >= 4 is 17.2 Å². The van der Waals surface area contributed by atoms with Gasteiger partial charge in [0.1, 0.15) is 0 Å². The third-order valence-electron chi connectivity index (χ3n) is 4.86. The molecule has 2 aromatic rings. The van der Waals surface area contributed by atoms with E-state index in [1.165, 1.54) is 31.5 Å². The molecule has 0 spiro atoms. The lowest BCUT2D eigenvalue weighted by atomic mass is 9.81. The van der Waals surface area contributed by atoms with Crippen molar-refractivity contribution < 1.29 is 4.79 Å². The zero-order valence-corrected chi connectivity index (χ0v) is 13.3. The first-order valence-corrected chi connectivity index (χ1v) is 8.80. The van der Waals surface area contributed by atoms with Crippen LogP contribution in [0.5, 0.6) is 0 Å². The first kappa shape index (κ1) is 14.0. The van der Waals surface area contributed by atoms with E-state index in [4.69, 9.17) is 0 Å². The van der Waals surface area contributed by atoms with Crippen molar-refractivity contribution in [2.75, 3.05) is 19.6 Å². The van der Waals surface area contributed by atoms with Crippen molar-refractivity contribution in [1.29, 1.82) is 0 Å². The molecule has 4 heteroatoms. The molecular weight excluding hydrogens is 291 g/mol. The Morgan fingerprint density at radius 1 is 1.09 bits per heavy atom. The number of carbonyl (C=O) groups excluding carboxylic acids is 1. The van der Waals surface area contributed by atoms with Crippen LogP contribution in [0.25, 0.3) is 10.4 Å². The first-order valence-electron chi connectivity index (χ1n) is 7.98. The maximum absolute atomic E-state index is 12.5. The van der Waals surface area contributed by atoms with Gasteiger partial charge in [-0.3, -0.25) is 4.79 Å². The predicted molar refractivity (Wildman–Crippen MR) is 90.2 cm³/mol. The van der Waals surface area contributed by atoms with E-state index < -0.39 is 0 Å². The van der Waals surface area contributed by atoms with Crippen LogP contribution < -0.4 is 5.32 Å². The molecule has 4 heterocycles. The smallest absolute Gasteiger partial charge is 0.261 e. The molecule has 22 heavy (non-hydrogen) atoms. The summed E-state index contributed by atoms with van der Waals surface area (Å²) in [7, 11) is 0. The van der Waals surface area contributed by atoms with Crippen molar-refractivity contribution in [3.63, 3.8) is 0 Å². The zero-order chi connectivity index (χ0) is 14.9. The van der Waals surface area contributed by atoms with Crippen molar-refractivity contribution in [2.45, 2.75) is 18.9 Å². The fourth-order valence-electron chi connectivity index (χ4n) is 3.59. The number of rotatable bonds is 3. The first-order chi connectivity index (χ1) is 10.8. The number of hydrogen-bond acceptors (Lipinski definition) is 3. The topological polar surface area (TPSA) is 32.3 Å². The summed E-state index contributed by atoms with van der Waals surface area (Å²) in [4.78, 5) is 16.9. The Labute approximate surface area is 135 Å². The van der Waals surface area contributed by atoms with Crippen LogP contribution in [-0.4, -0.2) is 36.5 Å². The Kier molecular flexibility index (Phi) is 3.72. The average molecular weight is 311 g/mol. The summed E-state index contributed by atoms with van der Waals surface area (Å²) in [6.45, 7) is 3.43. The molecule has 3 aliphatic rings. The zero-order valence-electron chi connectivity index (χ0n) is 12.5. The van der Waals surface area contributed by atoms with Gasteiger partial charge in [0.05, 0.1) is 4.88 Å². The number of fused-ring (bicyclic) bond motifs is 3. The van der Waals surface area contributed by atoms with Gasteiger partial charge in [-0.15, -0.1) is 11.3 Å². The number of thiophene rings is 1. The van der Waals surface area contributed by atoms with E-state index in [2.05, 4.69) is 22.3 Å². The molecular formula is C18H20N2OS. The highest BCUT2D eigenvalue weighted by atomic mass is 32.1. The number of nitrogens with zero attached hydrogens (tertiary/aromatic N) is 1. The molecule has 1 aromatic carbocycles. The molecule has 0 unspecified atom stereocenters. The summed E-state index contributed by atoms with van der Waals surface area (Å²) in [6, 6.07) is 14.6. The predicted octanol–water partition coefficient (Wildman–Crippen LogP) is 3.24. The van der Waals surface area contributed by atoms with Crippen LogP contribution in [0.3, 0.4) is 0 Å². The van der Waals surface area contributed by atoms with Gasteiger partial charge in [0.25, 0.3) is 5.91 Å². The standard InChI is InChI=1S/C18H20N2OS/c21-18(19-15-12-20-10-8-13(15)9-11-20)17-7-6-16(22-17)14-4-2-1-3-5-14/h1-7,13,15H,8-12H2,(H,19,21)/t15-/m0/s1/i18-1. The Balaban J connectivity index is 1.46. The van der Waals surface area contributed by atoms with Crippen molar-refractivity contribution in [3.8, 4) is 10.4 Å². The molecule has 1 N–H and O–H groups in total. The number of carbonyl (C=O) groups is 1. The molecule has 0 saturated carbocycles.